The first-order chi connectivity index (χ1) is 9.74. The van der Waals surface area contributed by atoms with Gasteiger partial charge in [0.1, 0.15) is 5.52 Å². The molecule has 0 radical (unpaired) electrons. The second kappa shape index (κ2) is 5.37. The Bertz CT molecular complexity index is 731. The zero-order chi connectivity index (χ0) is 13.9. The fraction of sp³-hybridized carbons (Fsp3) is 0.235. The van der Waals surface area contributed by atoms with Crippen molar-refractivity contribution in [3.63, 3.8) is 0 Å². The van der Waals surface area contributed by atoms with Crippen molar-refractivity contribution < 1.29 is 4.42 Å². The number of hydrogen-bond acceptors (Lipinski definition) is 3. The maximum absolute atomic E-state index is 5.77. The Morgan fingerprint density at radius 2 is 1.80 bits per heavy atom. The van der Waals surface area contributed by atoms with Crippen molar-refractivity contribution in [2.75, 3.05) is 11.9 Å². The van der Waals surface area contributed by atoms with Gasteiger partial charge < -0.3 is 9.73 Å². The maximum atomic E-state index is 5.77. The summed E-state index contributed by atoms with van der Waals surface area (Å²) in [6.07, 6.45) is 0.780. The molecule has 1 heterocycles. The molecule has 0 unspecified atom stereocenters. The molecule has 0 spiro atoms. The predicted octanol–water partition coefficient (Wildman–Crippen LogP) is 4.10. The lowest BCUT2D eigenvalue weighted by molar-refractivity contribution is 0.534. The van der Waals surface area contributed by atoms with E-state index >= 15 is 0 Å². The highest BCUT2D eigenvalue weighted by Crippen LogP contribution is 2.19. The second-order valence-electron chi connectivity index (χ2n) is 5.02. The Balaban J connectivity index is 1.68. The summed E-state index contributed by atoms with van der Waals surface area (Å²) in [6, 6.07) is 14.3. The molecule has 0 saturated carbocycles. The van der Waals surface area contributed by atoms with Gasteiger partial charge in [-0.05, 0) is 37.1 Å². The summed E-state index contributed by atoms with van der Waals surface area (Å²) in [6.45, 7) is 4.97. The Labute approximate surface area is 118 Å². The first-order valence-electron chi connectivity index (χ1n) is 6.88. The smallest absolute Gasteiger partial charge is 0.197 e. The van der Waals surface area contributed by atoms with Crippen molar-refractivity contribution in [3.05, 3.63) is 59.5 Å². The van der Waals surface area contributed by atoms with Crippen molar-refractivity contribution >= 4 is 16.8 Å². The summed E-state index contributed by atoms with van der Waals surface area (Å²) in [4.78, 5) is 4.56. The molecule has 0 aliphatic heterocycles. The van der Waals surface area contributed by atoms with Gasteiger partial charge in [0.2, 0.25) is 0 Å². The molecule has 0 amide bonds. The molecule has 3 rings (SSSR count). The molecule has 2 aromatic carbocycles. The molecular formula is C17H18N2O. The summed E-state index contributed by atoms with van der Waals surface area (Å²) >= 11 is 0. The van der Waals surface area contributed by atoms with Crippen molar-refractivity contribution in [1.29, 1.82) is 0 Å². The Morgan fingerprint density at radius 1 is 1.00 bits per heavy atom. The van der Waals surface area contributed by atoms with Gasteiger partial charge in [-0.1, -0.05) is 30.3 Å². The van der Waals surface area contributed by atoms with E-state index < -0.39 is 0 Å². The fourth-order valence-corrected chi connectivity index (χ4v) is 2.31. The number of aryl methyl sites for hydroxylation is 2. The molecule has 0 aliphatic carbocycles. The predicted molar refractivity (Wildman–Crippen MR) is 82.1 cm³/mol. The zero-order valence-corrected chi connectivity index (χ0v) is 11.8. The highest BCUT2D eigenvalue weighted by atomic mass is 16.3. The van der Waals surface area contributed by atoms with Crippen molar-refractivity contribution in [3.8, 4) is 0 Å². The Morgan fingerprint density at radius 3 is 2.60 bits per heavy atom. The standard InChI is InChI=1S/C17H18N2O/c1-12-6-3-4-8-14(12)18-11-10-16-19-17-13(2)7-5-9-15(17)20-16/h3-9,18H,10-11H2,1-2H3. The van der Waals surface area contributed by atoms with Crippen LogP contribution in [0.5, 0.6) is 0 Å². The third-order valence-electron chi connectivity index (χ3n) is 3.46. The molecule has 3 aromatic rings. The average Bonchev–Trinajstić information content (AvgIpc) is 2.85. The third kappa shape index (κ3) is 2.52. The molecule has 0 saturated heterocycles. The van der Waals surface area contributed by atoms with Gasteiger partial charge in [-0.2, -0.15) is 0 Å². The van der Waals surface area contributed by atoms with E-state index in [4.69, 9.17) is 4.42 Å². The number of oxazole rings is 1. The van der Waals surface area contributed by atoms with Gasteiger partial charge in [0, 0.05) is 18.7 Å². The largest absolute Gasteiger partial charge is 0.441 e. The summed E-state index contributed by atoms with van der Waals surface area (Å²) in [5, 5.41) is 3.42. The van der Waals surface area contributed by atoms with E-state index in [2.05, 4.69) is 42.3 Å². The number of anilines is 1. The van der Waals surface area contributed by atoms with E-state index in [-0.39, 0.29) is 0 Å². The average molecular weight is 266 g/mol. The SMILES string of the molecule is Cc1ccccc1NCCc1nc2c(C)cccc2o1. The van der Waals surface area contributed by atoms with Crippen molar-refractivity contribution in [1.82, 2.24) is 4.98 Å². The molecule has 1 N–H and O–H groups in total. The van der Waals surface area contributed by atoms with Crippen LogP contribution in [-0.4, -0.2) is 11.5 Å². The van der Waals surface area contributed by atoms with Gasteiger partial charge in [-0.25, -0.2) is 4.98 Å². The maximum Gasteiger partial charge on any atom is 0.197 e. The Hall–Kier alpha value is -2.29. The number of fused-ring (bicyclic) bond motifs is 1. The van der Waals surface area contributed by atoms with Crippen LogP contribution >= 0.6 is 0 Å². The van der Waals surface area contributed by atoms with Crippen LogP contribution in [0.25, 0.3) is 11.1 Å². The number of hydrogen-bond donors (Lipinski definition) is 1. The molecular weight excluding hydrogens is 248 g/mol. The van der Waals surface area contributed by atoms with Gasteiger partial charge in [0.25, 0.3) is 0 Å². The van der Waals surface area contributed by atoms with Gasteiger partial charge >= 0.3 is 0 Å². The summed E-state index contributed by atoms with van der Waals surface area (Å²) in [5.74, 6) is 0.787. The molecule has 0 aliphatic rings. The minimum Gasteiger partial charge on any atom is -0.441 e. The lowest BCUT2D eigenvalue weighted by Gasteiger charge is -2.07. The number of rotatable bonds is 4. The van der Waals surface area contributed by atoms with Crippen LogP contribution in [-0.2, 0) is 6.42 Å². The minimum absolute atomic E-state index is 0.780. The van der Waals surface area contributed by atoms with Gasteiger partial charge in [0.15, 0.2) is 11.5 Å². The van der Waals surface area contributed by atoms with Crippen molar-refractivity contribution in [2.45, 2.75) is 20.3 Å². The lowest BCUT2D eigenvalue weighted by atomic mass is 10.2. The van der Waals surface area contributed by atoms with Gasteiger partial charge in [-0.3, -0.25) is 0 Å². The lowest BCUT2D eigenvalue weighted by Crippen LogP contribution is -2.06. The van der Waals surface area contributed by atoms with Gasteiger partial charge in [-0.15, -0.1) is 0 Å². The van der Waals surface area contributed by atoms with Crippen LogP contribution in [0.1, 0.15) is 17.0 Å². The first-order valence-corrected chi connectivity index (χ1v) is 6.88. The minimum atomic E-state index is 0.780. The van der Waals surface area contributed by atoms with Crippen LogP contribution in [0.3, 0.4) is 0 Å². The molecule has 102 valence electrons. The highest BCUT2D eigenvalue weighted by Gasteiger charge is 2.07. The van der Waals surface area contributed by atoms with Crippen LogP contribution in [0.2, 0.25) is 0 Å². The molecule has 0 fully saturated rings. The first kappa shape index (κ1) is 12.7. The number of benzene rings is 2. The molecule has 3 nitrogen and oxygen atoms in total. The van der Waals surface area contributed by atoms with Crippen LogP contribution in [0, 0.1) is 13.8 Å². The van der Waals surface area contributed by atoms with Crippen molar-refractivity contribution in [2.24, 2.45) is 0 Å². The fourth-order valence-electron chi connectivity index (χ4n) is 2.31. The normalized spacial score (nSPS) is 10.9. The summed E-state index contributed by atoms with van der Waals surface area (Å²) in [7, 11) is 0. The van der Waals surface area contributed by atoms with Crippen LogP contribution < -0.4 is 5.32 Å². The van der Waals surface area contributed by atoms with Crippen LogP contribution in [0.15, 0.2) is 46.9 Å². The van der Waals surface area contributed by atoms with Gasteiger partial charge in [0.05, 0.1) is 0 Å². The van der Waals surface area contributed by atoms with E-state index in [1.165, 1.54) is 11.3 Å². The number of nitrogens with one attached hydrogen (secondary N) is 1. The third-order valence-corrected chi connectivity index (χ3v) is 3.46. The summed E-state index contributed by atoms with van der Waals surface area (Å²) in [5.41, 5.74) is 5.42. The summed E-state index contributed by atoms with van der Waals surface area (Å²) < 4.78 is 5.77. The molecule has 1 aromatic heterocycles. The molecule has 20 heavy (non-hydrogen) atoms. The second-order valence-corrected chi connectivity index (χ2v) is 5.02. The number of aromatic nitrogens is 1. The molecule has 0 atom stereocenters. The van der Waals surface area contributed by atoms with Crippen LogP contribution in [0.4, 0.5) is 5.69 Å². The topological polar surface area (TPSA) is 38.1 Å². The number of nitrogens with zero attached hydrogens (tertiary/aromatic N) is 1. The Kier molecular flexibility index (Phi) is 3.42. The number of para-hydroxylation sites is 2. The molecule has 3 heteroatoms. The quantitative estimate of drug-likeness (QED) is 0.772. The van der Waals surface area contributed by atoms with E-state index in [1.807, 2.05) is 24.3 Å². The monoisotopic (exact) mass is 266 g/mol. The van der Waals surface area contributed by atoms with E-state index in [1.54, 1.807) is 0 Å². The van der Waals surface area contributed by atoms with E-state index in [9.17, 15) is 0 Å². The van der Waals surface area contributed by atoms with E-state index in [0.29, 0.717) is 0 Å². The van der Waals surface area contributed by atoms with E-state index in [0.717, 1.165) is 35.5 Å². The molecule has 0 bridgehead atoms. The highest BCUT2D eigenvalue weighted by molar-refractivity contribution is 5.76. The zero-order valence-electron chi connectivity index (χ0n) is 11.8.